The van der Waals surface area contributed by atoms with Crippen LogP contribution in [0.15, 0.2) is 18.2 Å². The summed E-state index contributed by atoms with van der Waals surface area (Å²) in [7, 11) is 0. The summed E-state index contributed by atoms with van der Waals surface area (Å²) in [5.41, 5.74) is 4.75. The fourth-order valence-corrected chi connectivity index (χ4v) is 5.72. The summed E-state index contributed by atoms with van der Waals surface area (Å²) in [6.45, 7) is 5.62. The van der Waals surface area contributed by atoms with Crippen molar-refractivity contribution in [3.05, 3.63) is 29.3 Å². The molecule has 0 aromatic heterocycles. The third-order valence-electron chi connectivity index (χ3n) is 6.21. The predicted molar refractivity (Wildman–Crippen MR) is 85.0 cm³/mol. The van der Waals surface area contributed by atoms with Crippen molar-refractivity contribution < 1.29 is 0 Å². The molecule has 0 unspecified atom stereocenters. The van der Waals surface area contributed by atoms with Crippen LogP contribution in [0.25, 0.3) is 0 Å². The van der Waals surface area contributed by atoms with E-state index in [9.17, 15) is 0 Å². The van der Waals surface area contributed by atoms with E-state index >= 15 is 0 Å². The molecule has 0 radical (unpaired) electrons. The Kier molecular flexibility index (Phi) is 2.87. The molecular formula is C19H27N. The summed E-state index contributed by atoms with van der Waals surface area (Å²) >= 11 is 0. The minimum absolute atomic E-state index is 0.630. The van der Waals surface area contributed by atoms with Gasteiger partial charge in [-0.05, 0) is 92.7 Å². The van der Waals surface area contributed by atoms with Gasteiger partial charge in [0.15, 0.2) is 0 Å². The number of rotatable bonds is 3. The molecule has 4 saturated carbocycles. The standard InChI is InChI=1S/C19H27N/c1-13-3-4-14(2)18(5-13)20-12-19-9-15-6-16(10-19)8-17(7-15)11-19/h3-5,15-17,20H,6-12H2,1-2H3. The van der Waals surface area contributed by atoms with Crippen LogP contribution in [0.2, 0.25) is 0 Å². The first kappa shape index (κ1) is 12.7. The zero-order valence-corrected chi connectivity index (χ0v) is 12.9. The van der Waals surface area contributed by atoms with Crippen molar-refractivity contribution in [1.29, 1.82) is 0 Å². The predicted octanol–water partition coefficient (Wildman–Crippen LogP) is 4.93. The van der Waals surface area contributed by atoms with E-state index in [0.29, 0.717) is 5.41 Å². The highest BCUT2D eigenvalue weighted by atomic mass is 14.9. The van der Waals surface area contributed by atoms with Crippen LogP contribution in [0.1, 0.15) is 49.7 Å². The minimum Gasteiger partial charge on any atom is -0.384 e. The number of benzene rings is 1. The van der Waals surface area contributed by atoms with Crippen LogP contribution in [0.3, 0.4) is 0 Å². The van der Waals surface area contributed by atoms with E-state index in [1.165, 1.54) is 42.6 Å². The van der Waals surface area contributed by atoms with Crippen molar-refractivity contribution in [3.63, 3.8) is 0 Å². The number of nitrogens with one attached hydrogen (secondary N) is 1. The molecule has 4 fully saturated rings. The van der Waals surface area contributed by atoms with Crippen LogP contribution in [-0.4, -0.2) is 6.54 Å². The van der Waals surface area contributed by atoms with Gasteiger partial charge in [-0.3, -0.25) is 0 Å². The molecule has 4 aliphatic rings. The molecule has 4 aliphatic carbocycles. The van der Waals surface area contributed by atoms with E-state index in [0.717, 1.165) is 17.8 Å². The Balaban J connectivity index is 1.50. The lowest BCUT2D eigenvalue weighted by Gasteiger charge is -2.57. The molecule has 5 rings (SSSR count). The molecule has 0 saturated heterocycles. The molecule has 1 aromatic carbocycles. The van der Waals surface area contributed by atoms with E-state index in [1.54, 1.807) is 19.3 Å². The number of hydrogen-bond donors (Lipinski definition) is 1. The Morgan fingerprint density at radius 3 is 2.20 bits per heavy atom. The molecule has 0 atom stereocenters. The second kappa shape index (κ2) is 4.51. The van der Waals surface area contributed by atoms with Crippen molar-refractivity contribution in [2.75, 3.05) is 11.9 Å². The largest absolute Gasteiger partial charge is 0.384 e. The highest BCUT2D eigenvalue weighted by Crippen LogP contribution is 2.59. The lowest BCUT2D eigenvalue weighted by Crippen LogP contribution is -2.49. The molecule has 1 nitrogen and oxygen atoms in total. The van der Waals surface area contributed by atoms with Gasteiger partial charge in [-0.25, -0.2) is 0 Å². The number of anilines is 1. The first-order valence-electron chi connectivity index (χ1n) is 8.43. The van der Waals surface area contributed by atoms with Crippen molar-refractivity contribution in [1.82, 2.24) is 0 Å². The topological polar surface area (TPSA) is 12.0 Å². The maximum absolute atomic E-state index is 3.81. The third kappa shape index (κ3) is 2.16. The highest BCUT2D eigenvalue weighted by molar-refractivity contribution is 5.52. The fourth-order valence-electron chi connectivity index (χ4n) is 5.72. The maximum Gasteiger partial charge on any atom is 0.0372 e. The van der Waals surface area contributed by atoms with Crippen LogP contribution < -0.4 is 5.32 Å². The van der Waals surface area contributed by atoms with E-state index in [2.05, 4.69) is 37.4 Å². The van der Waals surface area contributed by atoms with Gasteiger partial charge >= 0.3 is 0 Å². The van der Waals surface area contributed by atoms with Gasteiger partial charge in [0.25, 0.3) is 0 Å². The number of aryl methyl sites for hydroxylation is 2. The second-order valence-electron chi connectivity index (χ2n) is 8.09. The van der Waals surface area contributed by atoms with Crippen LogP contribution in [0, 0.1) is 37.0 Å². The van der Waals surface area contributed by atoms with E-state index in [1.807, 2.05) is 0 Å². The second-order valence-corrected chi connectivity index (χ2v) is 8.09. The van der Waals surface area contributed by atoms with Gasteiger partial charge in [-0.1, -0.05) is 12.1 Å². The normalized spacial score (nSPS) is 38.2. The van der Waals surface area contributed by atoms with E-state index in [4.69, 9.17) is 0 Å². The molecule has 0 heterocycles. The summed E-state index contributed by atoms with van der Waals surface area (Å²) in [4.78, 5) is 0. The lowest BCUT2D eigenvalue weighted by atomic mass is 9.49. The van der Waals surface area contributed by atoms with Crippen LogP contribution in [-0.2, 0) is 0 Å². The molecule has 108 valence electrons. The summed E-state index contributed by atoms with van der Waals surface area (Å²) in [5.74, 6) is 3.17. The molecule has 1 aromatic rings. The molecular weight excluding hydrogens is 242 g/mol. The van der Waals surface area contributed by atoms with Crippen LogP contribution in [0.5, 0.6) is 0 Å². The molecule has 0 amide bonds. The SMILES string of the molecule is Cc1ccc(C)c(NCC23CC4CC(CC(C4)C2)C3)c1. The van der Waals surface area contributed by atoms with Crippen LogP contribution >= 0.6 is 0 Å². The Bertz CT molecular complexity index is 481. The van der Waals surface area contributed by atoms with Gasteiger partial charge in [0.2, 0.25) is 0 Å². The first-order chi connectivity index (χ1) is 9.62. The van der Waals surface area contributed by atoms with Gasteiger partial charge in [-0.15, -0.1) is 0 Å². The third-order valence-corrected chi connectivity index (χ3v) is 6.21. The van der Waals surface area contributed by atoms with Crippen molar-refractivity contribution >= 4 is 5.69 Å². The molecule has 4 bridgehead atoms. The fraction of sp³-hybridized carbons (Fsp3) is 0.684. The Morgan fingerprint density at radius 1 is 1.00 bits per heavy atom. The lowest BCUT2D eigenvalue weighted by molar-refractivity contribution is -0.0444. The minimum atomic E-state index is 0.630. The summed E-state index contributed by atoms with van der Waals surface area (Å²) in [6, 6.07) is 6.78. The van der Waals surface area contributed by atoms with Crippen molar-refractivity contribution in [3.8, 4) is 0 Å². The van der Waals surface area contributed by atoms with Gasteiger partial charge in [0.05, 0.1) is 0 Å². The highest BCUT2D eigenvalue weighted by Gasteiger charge is 2.50. The van der Waals surface area contributed by atoms with Crippen molar-refractivity contribution in [2.45, 2.75) is 52.4 Å². The molecule has 0 spiro atoms. The van der Waals surface area contributed by atoms with Crippen molar-refractivity contribution in [2.24, 2.45) is 23.2 Å². The Labute approximate surface area is 123 Å². The molecule has 1 N–H and O–H groups in total. The molecule has 20 heavy (non-hydrogen) atoms. The summed E-state index contributed by atoms with van der Waals surface area (Å²) in [6.07, 6.45) is 9.12. The summed E-state index contributed by atoms with van der Waals surface area (Å²) in [5, 5.41) is 3.81. The van der Waals surface area contributed by atoms with E-state index < -0.39 is 0 Å². The zero-order chi connectivity index (χ0) is 13.7. The van der Waals surface area contributed by atoms with Gasteiger partial charge in [-0.2, -0.15) is 0 Å². The molecule has 0 aliphatic heterocycles. The average molecular weight is 269 g/mol. The average Bonchev–Trinajstić information content (AvgIpc) is 2.38. The monoisotopic (exact) mass is 269 g/mol. The van der Waals surface area contributed by atoms with Gasteiger partial charge in [0.1, 0.15) is 0 Å². The van der Waals surface area contributed by atoms with Gasteiger partial charge in [0, 0.05) is 12.2 Å². The quantitative estimate of drug-likeness (QED) is 0.820. The zero-order valence-electron chi connectivity index (χ0n) is 12.9. The maximum atomic E-state index is 3.81. The Morgan fingerprint density at radius 2 is 1.60 bits per heavy atom. The summed E-state index contributed by atoms with van der Waals surface area (Å²) < 4.78 is 0. The smallest absolute Gasteiger partial charge is 0.0372 e. The molecule has 1 heteroatoms. The number of hydrogen-bond acceptors (Lipinski definition) is 1. The first-order valence-corrected chi connectivity index (χ1v) is 8.43. The van der Waals surface area contributed by atoms with Gasteiger partial charge < -0.3 is 5.32 Å². The van der Waals surface area contributed by atoms with Crippen LogP contribution in [0.4, 0.5) is 5.69 Å². The Hall–Kier alpha value is -0.980. The van der Waals surface area contributed by atoms with E-state index in [-0.39, 0.29) is 0 Å².